The maximum Gasteiger partial charge on any atom is 0.410 e. The second kappa shape index (κ2) is 5.78. The molecule has 0 radical (unpaired) electrons. The monoisotopic (exact) mass is 311 g/mol. The van der Waals surface area contributed by atoms with Crippen LogP contribution in [0.2, 0.25) is 0 Å². The number of rotatable bonds is 3. The van der Waals surface area contributed by atoms with Gasteiger partial charge in [-0.3, -0.25) is 10.1 Å². The number of nitrogens with one attached hydrogen (secondary N) is 1. The summed E-state index contributed by atoms with van der Waals surface area (Å²) in [5, 5.41) is 13.5. The average Bonchev–Trinajstić information content (AvgIpc) is 2.31. The van der Waals surface area contributed by atoms with E-state index in [1.54, 1.807) is 20.8 Å². The van der Waals surface area contributed by atoms with E-state index in [1.807, 2.05) is 0 Å². The first-order chi connectivity index (χ1) is 10.2. The highest BCUT2D eigenvalue weighted by atomic mass is 19.1. The van der Waals surface area contributed by atoms with Gasteiger partial charge in [0.2, 0.25) is 0 Å². The van der Waals surface area contributed by atoms with E-state index in [1.165, 1.54) is 17.0 Å². The van der Waals surface area contributed by atoms with E-state index in [-0.39, 0.29) is 17.4 Å². The molecule has 120 valence electrons. The third-order valence-electron chi connectivity index (χ3n) is 3.06. The normalized spacial score (nSPS) is 15.2. The highest BCUT2D eigenvalue weighted by molar-refractivity contribution is 5.69. The summed E-state index contributed by atoms with van der Waals surface area (Å²) in [6.07, 6.45) is -0.408. The van der Waals surface area contributed by atoms with Gasteiger partial charge in [-0.15, -0.1) is 0 Å². The maximum absolute atomic E-state index is 13.7. The van der Waals surface area contributed by atoms with Crippen molar-refractivity contribution in [2.45, 2.75) is 32.4 Å². The lowest BCUT2D eigenvalue weighted by Gasteiger charge is -2.40. The van der Waals surface area contributed by atoms with Crippen LogP contribution < -0.4 is 5.32 Å². The van der Waals surface area contributed by atoms with Crippen molar-refractivity contribution in [1.82, 2.24) is 4.90 Å². The Morgan fingerprint density at radius 2 is 2.09 bits per heavy atom. The lowest BCUT2D eigenvalue weighted by atomic mass is 10.1. The summed E-state index contributed by atoms with van der Waals surface area (Å²) >= 11 is 0. The summed E-state index contributed by atoms with van der Waals surface area (Å²) < 4.78 is 19.0. The van der Waals surface area contributed by atoms with Crippen molar-refractivity contribution < 1.29 is 18.8 Å². The van der Waals surface area contributed by atoms with E-state index in [0.29, 0.717) is 13.1 Å². The smallest absolute Gasteiger partial charge is 0.410 e. The molecule has 0 atom stereocenters. The summed E-state index contributed by atoms with van der Waals surface area (Å²) in [6.45, 7) is 6.14. The van der Waals surface area contributed by atoms with Crippen molar-refractivity contribution in [2.24, 2.45) is 0 Å². The predicted molar refractivity (Wildman–Crippen MR) is 78.3 cm³/mol. The molecular formula is C14H18FN3O4. The molecular weight excluding hydrogens is 293 g/mol. The zero-order valence-electron chi connectivity index (χ0n) is 12.6. The second-order valence-electron chi connectivity index (χ2n) is 6.15. The van der Waals surface area contributed by atoms with Gasteiger partial charge in [-0.1, -0.05) is 0 Å². The molecule has 1 aliphatic rings. The number of amides is 1. The topological polar surface area (TPSA) is 84.7 Å². The number of carbonyl (C=O) groups excluding carboxylic acids is 1. The first-order valence-corrected chi connectivity index (χ1v) is 6.84. The Bertz CT molecular complexity index is 594. The summed E-state index contributed by atoms with van der Waals surface area (Å²) in [5.41, 5.74) is -0.674. The lowest BCUT2D eigenvalue weighted by molar-refractivity contribution is -0.385. The lowest BCUT2D eigenvalue weighted by Crippen LogP contribution is -2.58. The van der Waals surface area contributed by atoms with Gasteiger partial charge in [0.15, 0.2) is 5.82 Å². The molecule has 0 aliphatic carbocycles. The molecule has 1 N–H and O–H groups in total. The minimum Gasteiger partial charge on any atom is -0.444 e. The first-order valence-electron chi connectivity index (χ1n) is 6.84. The van der Waals surface area contributed by atoms with Crippen LogP contribution in [0.3, 0.4) is 0 Å². The molecule has 0 saturated carbocycles. The fourth-order valence-corrected chi connectivity index (χ4v) is 2.00. The molecule has 0 bridgehead atoms. The van der Waals surface area contributed by atoms with Crippen LogP contribution in [0.25, 0.3) is 0 Å². The highest BCUT2D eigenvalue weighted by Crippen LogP contribution is 2.23. The SMILES string of the molecule is CC(C)(C)OC(=O)N1CC(Nc2ccc([N+](=O)[O-])cc2F)C1. The van der Waals surface area contributed by atoms with Gasteiger partial charge >= 0.3 is 6.09 Å². The molecule has 2 rings (SSSR count). The third kappa shape index (κ3) is 3.84. The number of hydrogen-bond donors (Lipinski definition) is 1. The molecule has 0 aromatic heterocycles. The predicted octanol–water partition coefficient (Wildman–Crippen LogP) is 2.77. The van der Waals surface area contributed by atoms with Crippen LogP contribution in [0.15, 0.2) is 18.2 Å². The number of anilines is 1. The van der Waals surface area contributed by atoms with Gasteiger partial charge in [0.05, 0.1) is 22.7 Å². The van der Waals surface area contributed by atoms with Gasteiger partial charge in [-0.25, -0.2) is 9.18 Å². The molecule has 1 aliphatic heterocycles. The molecule has 1 heterocycles. The Morgan fingerprint density at radius 3 is 2.59 bits per heavy atom. The quantitative estimate of drug-likeness (QED) is 0.685. The molecule has 8 heteroatoms. The standard InChI is InChI=1S/C14H18FN3O4/c1-14(2,3)22-13(19)17-7-9(8-17)16-12-5-4-10(18(20)21)6-11(12)15/h4-6,9,16H,7-8H2,1-3H3. The van der Waals surface area contributed by atoms with Crippen LogP contribution in [0.1, 0.15) is 20.8 Å². The molecule has 1 amide bonds. The van der Waals surface area contributed by atoms with Crippen molar-refractivity contribution in [1.29, 1.82) is 0 Å². The van der Waals surface area contributed by atoms with Crippen LogP contribution in [-0.4, -0.2) is 40.6 Å². The van der Waals surface area contributed by atoms with E-state index in [0.717, 1.165) is 6.07 Å². The van der Waals surface area contributed by atoms with Crippen LogP contribution in [-0.2, 0) is 4.74 Å². The Morgan fingerprint density at radius 1 is 1.45 bits per heavy atom. The Hall–Kier alpha value is -2.38. The summed E-state index contributed by atoms with van der Waals surface area (Å²) in [4.78, 5) is 23.2. The molecule has 0 spiro atoms. The van der Waals surface area contributed by atoms with Crippen molar-refractivity contribution in [3.63, 3.8) is 0 Å². The maximum atomic E-state index is 13.7. The van der Waals surface area contributed by atoms with Gasteiger partial charge in [-0.2, -0.15) is 0 Å². The zero-order valence-corrected chi connectivity index (χ0v) is 12.6. The number of non-ortho nitro benzene ring substituents is 1. The Kier molecular flexibility index (Phi) is 4.20. The largest absolute Gasteiger partial charge is 0.444 e. The minimum absolute atomic E-state index is 0.108. The van der Waals surface area contributed by atoms with Gasteiger partial charge in [-0.05, 0) is 26.8 Å². The van der Waals surface area contributed by atoms with E-state index >= 15 is 0 Å². The third-order valence-corrected chi connectivity index (χ3v) is 3.06. The number of nitro benzene ring substituents is 1. The second-order valence-corrected chi connectivity index (χ2v) is 6.15. The zero-order chi connectivity index (χ0) is 16.5. The molecule has 1 aromatic rings. The molecule has 1 saturated heterocycles. The number of benzene rings is 1. The van der Waals surface area contributed by atoms with Crippen molar-refractivity contribution >= 4 is 17.5 Å². The van der Waals surface area contributed by atoms with Crippen LogP contribution in [0.4, 0.5) is 20.6 Å². The van der Waals surface area contributed by atoms with Gasteiger partial charge in [0.1, 0.15) is 5.60 Å². The number of likely N-dealkylation sites (tertiary alicyclic amines) is 1. The first kappa shape index (κ1) is 16.0. The van der Waals surface area contributed by atoms with E-state index in [2.05, 4.69) is 5.32 Å². The summed E-state index contributed by atoms with van der Waals surface area (Å²) in [7, 11) is 0. The summed E-state index contributed by atoms with van der Waals surface area (Å²) in [6, 6.07) is 3.31. The average molecular weight is 311 g/mol. The van der Waals surface area contributed by atoms with E-state index < -0.39 is 22.4 Å². The Labute approximate surface area is 127 Å². The number of nitrogens with zero attached hydrogens (tertiary/aromatic N) is 2. The van der Waals surface area contributed by atoms with Gasteiger partial charge in [0.25, 0.3) is 5.69 Å². The van der Waals surface area contributed by atoms with Crippen LogP contribution >= 0.6 is 0 Å². The van der Waals surface area contributed by atoms with E-state index in [9.17, 15) is 19.3 Å². The van der Waals surface area contributed by atoms with E-state index in [4.69, 9.17) is 4.74 Å². The minimum atomic E-state index is -0.690. The number of nitro groups is 1. The number of hydrogen-bond acceptors (Lipinski definition) is 5. The Balaban J connectivity index is 1.88. The highest BCUT2D eigenvalue weighted by Gasteiger charge is 2.34. The fourth-order valence-electron chi connectivity index (χ4n) is 2.00. The molecule has 7 nitrogen and oxygen atoms in total. The van der Waals surface area contributed by atoms with Gasteiger partial charge < -0.3 is 15.0 Å². The van der Waals surface area contributed by atoms with Gasteiger partial charge in [0, 0.05) is 19.2 Å². The van der Waals surface area contributed by atoms with Crippen molar-refractivity contribution in [2.75, 3.05) is 18.4 Å². The number of ether oxygens (including phenoxy) is 1. The summed E-state index contributed by atoms with van der Waals surface area (Å²) in [5.74, 6) is -0.690. The van der Waals surface area contributed by atoms with Crippen LogP contribution in [0.5, 0.6) is 0 Å². The molecule has 22 heavy (non-hydrogen) atoms. The fraction of sp³-hybridized carbons (Fsp3) is 0.500. The molecule has 1 aromatic carbocycles. The molecule has 1 fully saturated rings. The van der Waals surface area contributed by atoms with Crippen molar-refractivity contribution in [3.05, 3.63) is 34.1 Å². The molecule has 0 unspecified atom stereocenters. The van der Waals surface area contributed by atoms with Crippen LogP contribution in [0, 0.1) is 15.9 Å². The van der Waals surface area contributed by atoms with Crippen molar-refractivity contribution in [3.8, 4) is 0 Å². The number of carbonyl (C=O) groups is 1. The number of halogens is 1.